The minimum atomic E-state index is 0.00439. The molecule has 2 aromatic rings. The summed E-state index contributed by atoms with van der Waals surface area (Å²) in [6.07, 6.45) is 0. The second-order valence-electron chi connectivity index (χ2n) is 5.89. The van der Waals surface area contributed by atoms with Crippen molar-refractivity contribution in [3.63, 3.8) is 0 Å². The Bertz CT molecular complexity index is 695. The number of nitrogens with zero attached hydrogens (tertiary/aromatic N) is 3. The van der Waals surface area contributed by atoms with Crippen LogP contribution in [0.15, 0.2) is 29.6 Å². The van der Waals surface area contributed by atoms with Gasteiger partial charge in [-0.2, -0.15) is 0 Å². The van der Waals surface area contributed by atoms with Gasteiger partial charge in [-0.05, 0) is 24.6 Å². The standard InChI is InChI=1S/C17H21ClN4OS/c1-12(13-2-4-14(18)5-3-13)21-6-8-22(9-7-21)17(23)15-11-24-16(10-19)20-15/h2-5,11-12H,6-10,19H2,1H3. The van der Waals surface area contributed by atoms with Crippen LogP contribution in [0, 0.1) is 0 Å². The fourth-order valence-electron chi connectivity index (χ4n) is 2.93. The number of thiazole rings is 1. The fraction of sp³-hybridized carbons (Fsp3) is 0.412. The lowest BCUT2D eigenvalue weighted by Crippen LogP contribution is -2.49. The molecule has 1 fully saturated rings. The van der Waals surface area contributed by atoms with Gasteiger partial charge in [-0.25, -0.2) is 4.98 Å². The van der Waals surface area contributed by atoms with Gasteiger partial charge in [0, 0.05) is 49.2 Å². The molecule has 7 heteroatoms. The number of carbonyl (C=O) groups excluding carboxylic acids is 1. The Kier molecular flexibility index (Phi) is 5.50. The molecular weight excluding hydrogens is 344 g/mol. The first-order valence-corrected chi connectivity index (χ1v) is 9.27. The molecule has 2 N–H and O–H groups in total. The van der Waals surface area contributed by atoms with Crippen LogP contribution in [0.1, 0.15) is 34.0 Å². The van der Waals surface area contributed by atoms with Crippen LogP contribution < -0.4 is 5.73 Å². The number of rotatable bonds is 4. The van der Waals surface area contributed by atoms with Crippen LogP contribution in [-0.4, -0.2) is 46.9 Å². The third-order valence-electron chi connectivity index (χ3n) is 4.45. The maximum Gasteiger partial charge on any atom is 0.273 e. The summed E-state index contributed by atoms with van der Waals surface area (Å²) in [5.41, 5.74) is 7.32. The van der Waals surface area contributed by atoms with E-state index in [0.29, 0.717) is 31.4 Å². The monoisotopic (exact) mass is 364 g/mol. The highest BCUT2D eigenvalue weighted by Crippen LogP contribution is 2.23. The summed E-state index contributed by atoms with van der Waals surface area (Å²) < 4.78 is 0. The van der Waals surface area contributed by atoms with Gasteiger partial charge in [-0.15, -0.1) is 11.3 Å². The lowest BCUT2D eigenvalue weighted by Gasteiger charge is -2.38. The predicted octanol–water partition coefficient (Wildman–Crippen LogP) is 2.77. The maximum atomic E-state index is 12.5. The van der Waals surface area contributed by atoms with Gasteiger partial charge in [-0.1, -0.05) is 23.7 Å². The van der Waals surface area contributed by atoms with Crippen molar-refractivity contribution in [2.45, 2.75) is 19.5 Å². The first kappa shape index (κ1) is 17.4. The smallest absolute Gasteiger partial charge is 0.273 e. The molecule has 0 radical (unpaired) electrons. The number of piperazine rings is 1. The normalized spacial score (nSPS) is 17.0. The Balaban J connectivity index is 1.58. The lowest BCUT2D eigenvalue weighted by atomic mass is 10.1. The van der Waals surface area contributed by atoms with Gasteiger partial charge in [0.25, 0.3) is 5.91 Å². The van der Waals surface area contributed by atoms with E-state index in [9.17, 15) is 4.79 Å². The molecule has 1 aromatic carbocycles. The van der Waals surface area contributed by atoms with Gasteiger partial charge in [0.05, 0.1) is 0 Å². The van der Waals surface area contributed by atoms with Crippen molar-refractivity contribution in [3.8, 4) is 0 Å². The van der Waals surface area contributed by atoms with E-state index in [2.05, 4.69) is 28.9 Å². The number of carbonyl (C=O) groups is 1. The molecule has 1 atom stereocenters. The zero-order chi connectivity index (χ0) is 17.1. The van der Waals surface area contributed by atoms with Gasteiger partial charge >= 0.3 is 0 Å². The molecule has 1 amide bonds. The largest absolute Gasteiger partial charge is 0.335 e. The molecular formula is C17H21ClN4OS. The van der Waals surface area contributed by atoms with E-state index >= 15 is 0 Å². The average Bonchev–Trinajstić information content (AvgIpc) is 3.10. The molecule has 1 aromatic heterocycles. The van der Waals surface area contributed by atoms with Crippen molar-refractivity contribution in [1.29, 1.82) is 0 Å². The molecule has 1 unspecified atom stereocenters. The SMILES string of the molecule is CC(c1ccc(Cl)cc1)N1CCN(C(=O)c2csc(CN)n2)CC1. The highest BCUT2D eigenvalue weighted by Gasteiger charge is 2.26. The summed E-state index contributed by atoms with van der Waals surface area (Å²) in [6.45, 7) is 5.70. The van der Waals surface area contributed by atoms with Crippen molar-refractivity contribution < 1.29 is 4.79 Å². The van der Waals surface area contributed by atoms with Gasteiger partial charge in [0.2, 0.25) is 0 Å². The van der Waals surface area contributed by atoms with Crippen molar-refractivity contribution in [2.75, 3.05) is 26.2 Å². The second-order valence-corrected chi connectivity index (χ2v) is 7.27. The van der Waals surface area contributed by atoms with E-state index < -0.39 is 0 Å². The van der Waals surface area contributed by atoms with Crippen LogP contribution in [0.4, 0.5) is 0 Å². The predicted molar refractivity (Wildman–Crippen MR) is 97.3 cm³/mol. The molecule has 0 aliphatic carbocycles. The van der Waals surface area contributed by atoms with Gasteiger partial charge in [-0.3, -0.25) is 9.69 Å². The van der Waals surface area contributed by atoms with Crippen LogP contribution in [-0.2, 0) is 6.54 Å². The number of hydrogen-bond acceptors (Lipinski definition) is 5. The molecule has 1 saturated heterocycles. The zero-order valence-corrected chi connectivity index (χ0v) is 15.2. The number of hydrogen-bond donors (Lipinski definition) is 1. The molecule has 0 spiro atoms. The van der Waals surface area contributed by atoms with E-state index in [0.717, 1.165) is 23.1 Å². The Morgan fingerprint density at radius 3 is 2.54 bits per heavy atom. The van der Waals surface area contributed by atoms with Crippen molar-refractivity contribution >= 4 is 28.8 Å². The first-order chi connectivity index (χ1) is 11.6. The van der Waals surface area contributed by atoms with Crippen LogP contribution >= 0.6 is 22.9 Å². The molecule has 128 valence electrons. The van der Waals surface area contributed by atoms with Crippen LogP contribution in [0.3, 0.4) is 0 Å². The zero-order valence-electron chi connectivity index (χ0n) is 13.6. The third kappa shape index (κ3) is 3.78. The molecule has 2 heterocycles. The summed E-state index contributed by atoms with van der Waals surface area (Å²) in [7, 11) is 0. The van der Waals surface area contributed by atoms with Crippen LogP contribution in [0.2, 0.25) is 5.02 Å². The molecule has 1 aliphatic rings. The Morgan fingerprint density at radius 1 is 1.29 bits per heavy atom. The molecule has 24 heavy (non-hydrogen) atoms. The summed E-state index contributed by atoms with van der Waals surface area (Å²) in [6, 6.07) is 8.28. The summed E-state index contributed by atoms with van der Waals surface area (Å²) >= 11 is 7.40. The maximum absolute atomic E-state index is 12.5. The first-order valence-electron chi connectivity index (χ1n) is 8.01. The molecule has 1 aliphatic heterocycles. The fourth-order valence-corrected chi connectivity index (χ4v) is 3.70. The van der Waals surface area contributed by atoms with E-state index in [1.807, 2.05) is 17.0 Å². The van der Waals surface area contributed by atoms with Crippen LogP contribution in [0.25, 0.3) is 0 Å². The quantitative estimate of drug-likeness (QED) is 0.906. The van der Waals surface area contributed by atoms with E-state index in [-0.39, 0.29) is 5.91 Å². The van der Waals surface area contributed by atoms with Gasteiger partial charge < -0.3 is 10.6 Å². The number of halogens is 1. The van der Waals surface area contributed by atoms with Crippen LogP contribution in [0.5, 0.6) is 0 Å². The van der Waals surface area contributed by atoms with Crippen molar-refractivity contribution in [2.24, 2.45) is 5.73 Å². The molecule has 0 saturated carbocycles. The highest BCUT2D eigenvalue weighted by atomic mass is 35.5. The Hall–Kier alpha value is -1.47. The van der Waals surface area contributed by atoms with Gasteiger partial charge in [0.1, 0.15) is 10.7 Å². The molecule has 5 nitrogen and oxygen atoms in total. The lowest BCUT2D eigenvalue weighted by molar-refractivity contribution is 0.0577. The third-order valence-corrected chi connectivity index (χ3v) is 5.57. The van der Waals surface area contributed by atoms with E-state index in [4.69, 9.17) is 17.3 Å². The van der Waals surface area contributed by atoms with E-state index in [1.54, 1.807) is 5.38 Å². The summed E-state index contributed by atoms with van der Waals surface area (Å²) in [5, 5.41) is 3.35. The van der Waals surface area contributed by atoms with E-state index in [1.165, 1.54) is 16.9 Å². The molecule has 3 rings (SSSR count). The number of nitrogens with two attached hydrogens (primary N) is 1. The highest BCUT2D eigenvalue weighted by molar-refractivity contribution is 7.09. The summed E-state index contributed by atoms with van der Waals surface area (Å²) in [5.74, 6) is 0.00439. The van der Waals surface area contributed by atoms with Crippen molar-refractivity contribution in [3.05, 3.63) is 50.9 Å². The second kappa shape index (κ2) is 7.61. The minimum absolute atomic E-state index is 0.00439. The Labute approximate surface area is 151 Å². The topological polar surface area (TPSA) is 62.5 Å². The summed E-state index contributed by atoms with van der Waals surface area (Å²) in [4.78, 5) is 21.1. The number of amides is 1. The average molecular weight is 365 g/mol. The number of aromatic nitrogens is 1. The number of benzene rings is 1. The Morgan fingerprint density at radius 2 is 1.96 bits per heavy atom. The molecule has 0 bridgehead atoms. The van der Waals surface area contributed by atoms with Crippen molar-refractivity contribution in [1.82, 2.24) is 14.8 Å². The van der Waals surface area contributed by atoms with Gasteiger partial charge in [0.15, 0.2) is 0 Å². The minimum Gasteiger partial charge on any atom is -0.335 e.